The lowest BCUT2D eigenvalue weighted by atomic mass is 10.1. The summed E-state index contributed by atoms with van der Waals surface area (Å²) in [5.41, 5.74) is 4.64. The molecular formula is C24H27N3O5. The molecule has 0 radical (unpaired) electrons. The van der Waals surface area contributed by atoms with Gasteiger partial charge in [0.15, 0.2) is 17.3 Å². The maximum atomic E-state index is 12.4. The zero-order valence-electron chi connectivity index (χ0n) is 18.3. The van der Waals surface area contributed by atoms with Crippen molar-refractivity contribution in [1.29, 1.82) is 0 Å². The van der Waals surface area contributed by atoms with Crippen molar-refractivity contribution in [1.82, 2.24) is 14.9 Å². The molecule has 0 saturated carbocycles. The van der Waals surface area contributed by atoms with Crippen LogP contribution in [-0.2, 0) is 11.3 Å². The number of fused-ring (bicyclic) bond motifs is 2. The van der Waals surface area contributed by atoms with Crippen LogP contribution in [0.25, 0.3) is 11.0 Å². The molecule has 8 heteroatoms. The number of carbonyl (C=O) groups is 2. The average molecular weight is 437 g/mol. The number of aliphatic hydroxyl groups excluding tert-OH is 1. The van der Waals surface area contributed by atoms with Crippen LogP contribution in [0, 0.1) is 13.8 Å². The van der Waals surface area contributed by atoms with Crippen LogP contribution in [0.15, 0.2) is 36.7 Å². The van der Waals surface area contributed by atoms with E-state index in [9.17, 15) is 14.7 Å². The van der Waals surface area contributed by atoms with E-state index >= 15 is 0 Å². The number of hydrogen-bond donors (Lipinski definition) is 2. The number of imidazole rings is 1. The number of benzene rings is 2. The molecule has 0 unspecified atom stereocenters. The van der Waals surface area contributed by atoms with Crippen molar-refractivity contribution in [2.75, 3.05) is 19.8 Å². The van der Waals surface area contributed by atoms with Crippen molar-refractivity contribution in [3.05, 3.63) is 53.3 Å². The van der Waals surface area contributed by atoms with E-state index in [1.165, 1.54) is 5.56 Å². The molecule has 1 aliphatic rings. The number of rotatable bonds is 8. The normalized spacial score (nSPS) is 13.7. The van der Waals surface area contributed by atoms with Crippen molar-refractivity contribution in [2.45, 2.75) is 39.3 Å². The van der Waals surface area contributed by atoms with Crippen molar-refractivity contribution in [2.24, 2.45) is 0 Å². The van der Waals surface area contributed by atoms with Crippen LogP contribution in [0.2, 0.25) is 0 Å². The zero-order valence-corrected chi connectivity index (χ0v) is 18.3. The van der Waals surface area contributed by atoms with Crippen LogP contribution in [0.3, 0.4) is 0 Å². The van der Waals surface area contributed by atoms with Gasteiger partial charge in [0.2, 0.25) is 5.91 Å². The maximum Gasteiger partial charge on any atom is 0.220 e. The fourth-order valence-corrected chi connectivity index (χ4v) is 3.66. The van der Waals surface area contributed by atoms with Gasteiger partial charge in [-0.1, -0.05) is 0 Å². The Hall–Kier alpha value is -3.39. The minimum absolute atomic E-state index is 0.0481. The van der Waals surface area contributed by atoms with Gasteiger partial charge in [-0.3, -0.25) is 9.59 Å². The summed E-state index contributed by atoms with van der Waals surface area (Å²) in [4.78, 5) is 29.0. The number of carbonyl (C=O) groups excluding carboxylic acids is 2. The lowest BCUT2D eigenvalue weighted by Crippen LogP contribution is -2.34. The highest BCUT2D eigenvalue weighted by atomic mass is 16.6. The third-order valence-corrected chi connectivity index (χ3v) is 5.62. The molecule has 32 heavy (non-hydrogen) atoms. The Kier molecular flexibility index (Phi) is 6.41. The average Bonchev–Trinajstić information content (AvgIpc) is 3.17. The molecule has 0 saturated heterocycles. The number of aryl methyl sites for hydroxylation is 2. The molecule has 1 amide bonds. The Morgan fingerprint density at radius 1 is 1.09 bits per heavy atom. The van der Waals surface area contributed by atoms with Crippen LogP contribution in [0.5, 0.6) is 11.5 Å². The second-order valence-corrected chi connectivity index (χ2v) is 8.06. The van der Waals surface area contributed by atoms with Gasteiger partial charge in [0.25, 0.3) is 0 Å². The quantitative estimate of drug-likeness (QED) is 0.525. The summed E-state index contributed by atoms with van der Waals surface area (Å²) in [5, 5.41) is 13.1. The Morgan fingerprint density at radius 3 is 2.66 bits per heavy atom. The largest absolute Gasteiger partial charge is 0.486 e. The molecule has 4 rings (SSSR count). The molecule has 1 aliphatic heterocycles. The number of nitrogens with one attached hydrogen (secondary N) is 1. The van der Waals surface area contributed by atoms with E-state index in [2.05, 4.69) is 10.3 Å². The first-order chi connectivity index (χ1) is 15.4. The Labute approximate surface area is 186 Å². The molecule has 0 fully saturated rings. The van der Waals surface area contributed by atoms with Crippen LogP contribution in [-0.4, -0.2) is 52.2 Å². The first-order valence-corrected chi connectivity index (χ1v) is 10.7. The van der Waals surface area contributed by atoms with Crippen molar-refractivity contribution < 1.29 is 24.2 Å². The number of aromatic nitrogens is 2. The SMILES string of the molecule is Cc1cc2ncn(C[C@@H](O)CNC(=O)CCC(=O)c3ccc4c(c3)OCCO4)c2cc1C. The van der Waals surface area contributed by atoms with Gasteiger partial charge >= 0.3 is 0 Å². The first kappa shape index (κ1) is 21.8. The number of amides is 1. The number of ketones is 1. The second-order valence-electron chi connectivity index (χ2n) is 8.06. The van der Waals surface area contributed by atoms with Gasteiger partial charge in [0, 0.05) is 24.9 Å². The summed E-state index contributed by atoms with van der Waals surface area (Å²) in [6.45, 7) is 5.43. The summed E-state index contributed by atoms with van der Waals surface area (Å²) < 4.78 is 12.8. The van der Waals surface area contributed by atoms with Gasteiger partial charge < -0.3 is 24.5 Å². The molecule has 1 aromatic heterocycles. The van der Waals surface area contributed by atoms with Gasteiger partial charge in [0.1, 0.15) is 13.2 Å². The van der Waals surface area contributed by atoms with E-state index < -0.39 is 6.10 Å². The monoisotopic (exact) mass is 437 g/mol. The third kappa shape index (κ3) is 4.91. The van der Waals surface area contributed by atoms with E-state index in [0.29, 0.717) is 36.8 Å². The fraction of sp³-hybridized carbons (Fsp3) is 0.375. The van der Waals surface area contributed by atoms with Crippen LogP contribution < -0.4 is 14.8 Å². The number of Topliss-reactive ketones (excluding diaryl/α,β-unsaturated/α-hetero) is 1. The Bertz CT molecular complexity index is 1150. The molecule has 8 nitrogen and oxygen atoms in total. The molecule has 1 atom stereocenters. The van der Waals surface area contributed by atoms with Gasteiger partial charge in [0.05, 0.1) is 30.0 Å². The summed E-state index contributed by atoms with van der Waals surface area (Å²) in [6, 6.07) is 9.11. The molecule has 3 aromatic rings. The molecule has 0 spiro atoms. The molecule has 2 heterocycles. The van der Waals surface area contributed by atoms with E-state index in [4.69, 9.17) is 9.47 Å². The molecule has 0 bridgehead atoms. The first-order valence-electron chi connectivity index (χ1n) is 10.7. The number of ether oxygens (including phenoxy) is 2. The van der Waals surface area contributed by atoms with Gasteiger partial charge in [-0.05, 0) is 55.3 Å². The minimum Gasteiger partial charge on any atom is -0.486 e. The predicted molar refractivity (Wildman–Crippen MR) is 119 cm³/mol. The lowest BCUT2D eigenvalue weighted by molar-refractivity contribution is -0.121. The summed E-state index contributed by atoms with van der Waals surface area (Å²) in [6.07, 6.45) is 1.05. The number of nitrogens with zero attached hydrogens (tertiary/aromatic N) is 2. The number of aliphatic hydroxyl groups is 1. The summed E-state index contributed by atoms with van der Waals surface area (Å²) in [5.74, 6) is 0.743. The smallest absolute Gasteiger partial charge is 0.220 e. The van der Waals surface area contributed by atoms with E-state index in [-0.39, 0.29) is 31.1 Å². The van der Waals surface area contributed by atoms with E-state index in [0.717, 1.165) is 16.6 Å². The maximum absolute atomic E-state index is 12.4. The molecule has 2 aromatic carbocycles. The van der Waals surface area contributed by atoms with Gasteiger partial charge in [-0.15, -0.1) is 0 Å². The van der Waals surface area contributed by atoms with Crippen molar-refractivity contribution in [3.63, 3.8) is 0 Å². The van der Waals surface area contributed by atoms with E-state index in [1.54, 1.807) is 24.5 Å². The van der Waals surface area contributed by atoms with Crippen molar-refractivity contribution in [3.8, 4) is 11.5 Å². The zero-order chi connectivity index (χ0) is 22.7. The molecule has 168 valence electrons. The number of hydrogen-bond acceptors (Lipinski definition) is 6. The molecule has 2 N–H and O–H groups in total. The highest BCUT2D eigenvalue weighted by Gasteiger charge is 2.16. The van der Waals surface area contributed by atoms with E-state index in [1.807, 2.05) is 30.5 Å². The highest BCUT2D eigenvalue weighted by molar-refractivity contribution is 5.98. The third-order valence-electron chi connectivity index (χ3n) is 5.62. The summed E-state index contributed by atoms with van der Waals surface area (Å²) in [7, 11) is 0. The van der Waals surface area contributed by atoms with Crippen molar-refractivity contribution >= 4 is 22.7 Å². The molecular weight excluding hydrogens is 410 g/mol. The fourth-order valence-electron chi connectivity index (χ4n) is 3.66. The van der Waals surface area contributed by atoms with Gasteiger partial charge in [-0.2, -0.15) is 0 Å². The van der Waals surface area contributed by atoms with Crippen LogP contribution >= 0.6 is 0 Å². The predicted octanol–water partition coefficient (Wildman–Crippen LogP) is 2.56. The van der Waals surface area contributed by atoms with Crippen LogP contribution in [0.4, 0.5) is 0 Å². The highest BCUT2D eigenvalue weighted by Crippen LogP contribution is 2.31. The summed E-state index contributed by atoms with van der Waals surface area (Å²) >= 11 is 0. The standard InChI is InChI=1S/C24H27N3O5/c1-15-9-19-20(10-16(15)2)27(14-26-19)13-18(28)12-25-24(30)6-4-21(29)17-3-5-22-23(11-17)32-8-7-31-22/h3,5,9-11,14,18,28H,4,6-8,12-13H2,1-2H3,(H,25,30)/t18-/m0/s1. The minimum atomic E-state index is -0.772. The second kappa shape index (κ2) is 9.40. The Morgan fingerprint density at radius 2 is 1.84 bits per heavy atom. The van der Waals surface area contributed by atoms with Crippen LogP contribution in [0.1, 0.15) is 34.3 Å². The lowest BCUT2D eigenvalue weighted by Gasteiger charge is -2.18. The topological polar surface area (TPSA) is 103 Å². The molecule has 0 aliphatic carbocycles. The Balaban J connectivity index is 1.25. The van der Waals surface area contributed by atoms with Gasteiger partial charge in [-0.25, -0.2) is 4.98 Å².